The molecule has 23 heavy (non-hydrogen) atoms. The van der Waals surface area contributed by atoms with E-state index in [0.29, 0.717) is 25.9 Å². The van der Waals surface area contributed by atoms with Crippen LogP contribution in [-0.2, 0) is 9.53 Å². The molecule has 0 spiro atoms. The van der Waals surface area contributed by atoms with E-state index in [-0.39, 0.29) is 13.0 Å². The molecule has 7 heteroatoms. The van der Waals surface area contributed by atoms with Gasteiger partial charge in [-0.3, -0.25) is 4.79 Å². The minimum Gasteiger partial charge on any atom is -0.481 e. The highest BCUT2D eigenvalue weighted by Crippen LogP contribution is 2.35. The molecule has 1 rings (SSSR count). The Morgan fingerprint density at radius 2 is 1.96 bits per heavy atom. The molecule has 0 aliphatic carbocycles. The molecule has 0 aromatic heterocycles. The van der Waals surface area contributed by atoms with E-state index in [1.165, 1.54) is 4.90 Å². The number of hydrogen-bond donors (Lipinski definition) is 2. The summed E-state index contributed by atoms with van der Waals surface area (Å²) in [5.41, 5.74) is -1.74. The lowest BCUT2D eigenvalue weighted by atomic mass is 9.75. The summed E-state index contributed by atoms with van der Waals surface area (Å²) in [4.78, 5) is 27.3. The summed E-state index contributed by atoms with van der Waals surface area (Å²) in [7, 11) is 3.65. The highest BCUT2D eigenvalue weighted by atomic mass is 16.6. The number of carboxylic acid groups (broad SMARTS) is 1. The first-order valence-corrected chi connectivity index (χ1v) is 7.99. The van der Waals surface area contributed by atoms with Gasteiger partial charge in [0, 0.05) is 19.6 Å². The summed E-state index contributed by atoms with van der Waals surface area (Å²) in [6.07, 6.45) is -0.0868. The van der Waals surface area contributed by atoms with E-state index in [0.717, 1.165) is 0 Å². The second-order valence-electron chi connectivity index (χ2n) is 7.71. The van der Waals surface area contributed by atoms with Gasteiger partial charge in [-0.15, -0.1) is 0 Å². The number of nitrogens with zero attached hydrogens (tertiary/aromatic N) is 2. The Hall–Kier alpha value is -1.34. The number of piperidine rings is 1. The molecule has 0 aromatic carbocycles. The molecule has 0 radical (unpaired) electrons. The number of rotatable bonds is 5. The van der Waals surface area contributed by atoms with E-state index in [9.17, 15) is 19.8 Å². The Morgan fingerprint density at radius 1 is 1.35 bits per heavy atom. The highest BCUT2D eigenvalue weighted by molar-refractivity contribution is 5.77. The van der Waals surface area contributed by atoms with Crippen molar-refractivity contribution in [3.8, 4) is 0 Å². The zero-order valence-corrected chi connectivity index (χ0v) is 14.8. The third-order valence-corrected chi connectivity index (χ3v) is 3.88. The van der Waals surface area contributed by atoms with Gasteiger partial charge >= 0.3 is 12.1 Å². The third-order valence-electron chi connectivity index (χ3n) is 3.88. The maximum Gasteiger partial charge on any atom is 0.410 e. The average molecular weight is 330 g/mol. The van der Waals surface area contributed by atoms with Crippen LogP contribution in [0, 0.1) is 5.41 Å². The van der Waals surface area contributed by atoms with Crippen LogP contribution in [0.4, 0.5) is 4.79 Å². The smallest absolute Gasteiger partial charge is 0.410 e. The first-order chi connectivity index (χ1) is 10.4. The molecule has 1 aliphatic heterocycles. The van der Waals surface area contributed by atoms with E-state index < -0.39 is 29.2 Å². The number of ether oxygens (including phenoxy) is 1. The summed E-state index contributed by atoms with van der Waals surface area (Å²) >= 11 is 0. The van der Waals surface area contributed by atoms with Gasteiger partial charge in [0.05, 0.1) is 11.5 Å². The van der Waals surface area contributed by atoms with Crippen molar-refractivity contribution in [2.45, 2.75) is 51.7 Å². The molecule has 7 nitrogen and oxygen atoms in total. The van der Waals surface area contributed by atoms with Gasteiger partial charge in [-0.05, 0) is 54.1 Å². The zero-order chi connectivity index (χ0) is 17.8. The average Bonchev–Trinajstić information content (AvgIpc) is 2.35. The number of carbonyl (C=O) groups excluding carboxylic acids is 1. The molecule has 1 heterocycles. The number of carboxylic acids is 1. The molecular weight excluding hydrogens is 300 g/mol. The number of likely N-dealkylation sites (N-methyl/N-ethyl adjacent to an activating group) is 1. The van der Waals surface area contributed by atoms with Gasteiger partial charge in [-0.1, -0.05) is 0 Å². The highest BCUT2D eigenvalue weighted by Gasteiger charge is 2.45. The summed E-state index contributed by atoms with van der Waals surface area (Å²) < 4.78 is 5.34. The standard InChI is InChI=1S/C16H30N2O5/c1-15(2,3)23-14(22)18-8-6-7-16(11-18,13(20)21)9-12(19)10-17(4)5/h12,19H,6-11H2,1-5H3,(H,20,21)/t12-,16-/m1/s1. The van der Waals surface area contributed by atoms with E-state index in [1.54, 1.807) is 20.8 Å². The predicted octanol–water partition coefficient (Wildman–Crippen LogP) is 1.40. The minimum absolute atomic E-state index is 0.0712. The van der Waals surface area contributed by atoms with Gasteiger partial charge in [-0.25, -0.2) is 4.79 Å². The van der Waals surface area contributed by atoms with Crippen LogP contribution >= 0.6 is 0 Å². The van der Waals surface area contributed by atoms with Crippen LogP contribution in [0.1, 0.15) is 40.0 Å². The topological polar surface area (TPSA) is 90.3 Å². The Balaban J connectivity index is 2.83. The molecule has 2 N–H and O–H groups in total. The largest absolute Gasteiger partial charge is 0.481 e. The predicted molar refractivity (Wildman–Crippen MR) is 86.3 cm³/mol. The molecule has 1 saturated heterocycles. The molecule has 1 fully saturated rings. The second-order valence-corrected chi connectivity index (χ2v) is 7.71. The van der Waals surface area contributed by atoms with Gasteiger partial charge in [0.2, 0.25) is 0 Å². The molecule has 0 unspecified atom stereocenters. The lowest BCUT2D eigenvalue weighted by Crippen LogP contribution is -2.52. The molecule has 0 saturated carbocycles. The SMILES string of the molecule is CN(C)C[C@H](O)C[C@]1(C(=O)O)CCCN(C(=O)OC(C)(C)C)C1. The van der Waals surface area contributed by atoms with Gasteiger partial charge < -0.3 is 24.7 Å². The Bertz CT molecular complexity index is 433. The first kappa shape index (κ1) is 19.7. The van der Waals surface area contributed by atoms with Crippen LogP contribution in [0.15, 0.2) is 0 Å². The number of amides is 1. The van der Waals surface area contributed by atoms with Crippen molar-refractivity contribution in [1.29, 1.82) is 0 Å². The van der Waals surface area contributed by atoms with Crippen molar-refractivity contribution >= 4 is 12.1 Å². The van der Waals surface area contributed by atoms with Crippen molar-refractivity contribution in [2.75, 3.05) is 33.7 Å². The molecule has 0 aromatic rings. The van der Waals surface area contributed by atoms with Crippen LogP contribution in [-0.4, -0.2) is 77.5 Å². The van der Waals surface area contributed by atoms with E-state index in [1.807, 2.05) is 19.0 Å². The fraction of sp³-hybridized carbons (Fsp3) is 0.875. The molecule has 1 aliphatic rings. The van der Waals surface area contributed by atoms with Crippen molar-refractivity contribution in [3.05, 3.63) is 0 Å². The van der Waals surface area contributed by atoms with Gasteiger partial charge in [0.15, 0.2) is 0 Å². The van der Waals surface area contributed by atoms with Crippen LogP contribution in [0.25, 0.3) is 0 Å². The minimum atomic E-state index is -1.12. The molecule has 0 bridgehead atoms. The second kappa shape index (κ2) is 7.49. The normalized spacial score (nSPS) is 23.7. The van der Waals surface area contributed by atoms with E-state index in [4.69, 9.17) is 4.74 Å². The summed E-state index contributed by atoms with van der Waals surface area (Å²) in [5.74, 6) is -0.969. The van der Waals surface area contributed by atoms with Crippen LogP contribution in [0.3, 0.4) is 0 Å². The number of hydrogen-bond acceptors (Lipinski definition) is 5. The molecular formula is C16H30N2O5. The molecule has 134 valence electrons. The number of aliphatic hydroxyl groups is 1. The summed E-state index contributed by atoms with van der Waals surface area (Å²) in [6, 6.07) is 0. The summed E-state index contributed by atoms with van der Waals surface area (Å²) in [5, 5.41) is 19.9. The van der Waals surface area contributed by atoms with Gasteiger partial charge in [0.1, 0.15) is 5.60 Å². The lowest BCUT2D eigenvalue weighted by molar-refractivity contribution is -0.155. The zero-order valence-electron chi connectivity index (χ0n) is 14.8. The monoisotopic (exact) mass is 330 g/mol. The molecule has 1 amide bonds. The fourth-order valence-corrected chi connectivity index (χ4v) is 2.98. The van der Waals surface area contributed by atoms with Gasteiger partial charge in [0.25, 0.3) is 0 Å². The van der Waals surface area contributed by atoms with Crippen molar-refractivity contribution in [3.63, 3.8) is 0 Å². The third kappa shape index (κ3) is 5.99. The van der Waals surface area contributed by atoms with Crippen LogP contribution in [0.2, 0.25) is 0 Å². The Kier molecular flexibility index (Phi) is 6.41. The Labute approximate surface area is 138 Å². The number of aliphatic hydroxyl groups excluding tert-OH is 1. The van der Waals surface area contributed by atoms with Crippen LogP contribution in [0.5, 0.6) is 0 Å². The van der Waals surface area contributed by atoms with Gasteiger partial charge in [-0.2, -0.15) is 0 Å². The van der Waals surface area contributed by atoms with Crippen molar-refractivity contribution in [1.82, 2.24) is 9.80 Å². The maximum absolute atomic E-state index is 12.2. The maximum atomic E-state index is 12.2. The number of aliphatic carboxylic acids is 1. The summed E-state index contributed by atoms with van der Waals surface area (Å²) in [6.45, 7) is 6.28. The lowest BCUT2D eigenvalue weighted by Gasteiger charge is -2.41. The van der Waals surface area contributed by atoms with Crippen LogP contribution < -0.4 is 0 Å². The van der Waals surface area contributed by atoms with E-state index in [2.05, 4.69) is 0 Å². The van der Waals surface area contributed by atoms with Crippen molar-refractivity contribution < 1.29 is 24.5 Å². The van der Waals surface area contributed by atoms with E-state index >= 15 is 0 Å². The number of carbonyl (C=O) groups is 2. The Morgan fingerprint density at radius 3 is 2.43 bits per heavy atom. The quantitative estimate of drug-likeness (QED) is 0.792. The fourth-order valence-electron chi connectivity index (χ4n) is 2.98. The van der Waals surface area contributed by atoms with Crippen molar-refractivity contribution in [2.24, 2.45) is 5.41 Å². The molecule has 2 atom stereocenters. The first-order valence-electron chi connectivity index (χ1n) is 7.99. The number of likely N-dealkylation sites (tertiary alicyclic amines) is 1.